The Morgan fingerprint density at radius 1 is 1.33 bits per heavy atom. The van der Waals surface area contributed by atoms with Crippen LogP contribution in [0.25, 0.3) is 0 Å². The molecule has 1 nitrogen and oxygen atoms in total. The molecule has 0 saturated carbocycles. The van der Waals surface area contributed by atoms with Crippen LogP contribution in [0.15, 0.2) is 24.3 Å². The fourth-order valence-electron chi connectivity index (χ4n) is 1.74. The van der Waals surface area contributed by atoms with Crippen LogP contribution >= 0.6 is 15.9 Å². The molecule has 0 amide bonds. The average Bonchev–Trinajstić information content (AvgIpc) is 2.26. The Labute approximate surface area is 102 Å². The van der Waals surface area contributed by atoms with Gasteiger partial charge in [-0.25, -0.2) is 0 Å². The van der Waals surface area contributed by atoms with Crippen molar-refractivity contribution in [2.75, 3.05) is 23.3 Å². The Balaban J connectivity index is 2.78. The smallest absolute Gasteiger partial charge is 0.0395 e. The fourth-order valence-corrected chi connectivity index (χ4v) is 1.95. The topological polar surface area (TPSA) is 3.24 Å². The van der Waals surface area contributed by atoms with Crippen molar-refractivity contribution in [1.82, 2.24) is 0 Å². The van der Waals surface area contributed by atoms with Crippen molar-refractivity contribution in [2.24, 2.45) is 5.92 Å². The van der Waals surface area contributed by atoms with Crippen LogP contribution in [0.1, 0.15) is 19.4 Å². The molecule has 0 saturated heterocycles. The second-order valence-corrected chi connectivity index (χ2v) is 4.73. The van der Waals surface area contributed by atoms with E-state index in [4.69, 9.17) is 0 Å². The number of hydrogen-bond donors (Lipinski definition) is 0. The van der Waals surface area contributed by atoms with Crippen LogP contribution in [-0.2, 0) is 0 Å². The summed E-state index contributed by atoms with van der Waals surface area (Å²) in [6, 6.07) is 8.60. The van der Waals surface area contributed by atoms with E-state index in [9.17, 15) is 0 Å². The minimum absolute atomic E-state index is 0.685. The SMILES string of the molecule is CCN(CC(C)CBr)c1ccccc1C. The highest BCUT2D eigenvalue weighted by atomic mass is 79.9. The van der Waals surface area contributed by atoms with Crippen LogP contribution in [0.5, 0.6) is 0 Å². The predicted molar refractivity (Wildman–Crippen MR) is 72.0 cm³/mol. The summed E-state index contributed by atoms with van der Waals surface area (Å²) < 4.78 is 0. The number of hydrogen-bond acceptors (Lipinski definition) is 1. The molecular weight excluding hydrogens is 250 g/mol. The van der Waals surface area contributed by atoms with E-state index in [1.807, 2.05) is 0 Å². The highest BCUT2D eigenvalue weighted by Gasteiger charge is 2.09. The van der Waals surface area contributed by atoms with Crippen LogP contribution in [0, 0.1) is 12.8 Å². The predicted octanol–water partition coefficient (Wildman–Crippen LogP) is 3.85. The third-order valence-electron chi connectivity index (χ3n) is 2.63. The summed E-state index contributed by atoms with van der Waals surface area (Å²) in [5.41, 5.74) is 2.73. The Hall–Kier alpha value is -0.500. The van der Waals surface area contributed by atoms with Crippen molar-refractivity contribution in [3.63, 3.8) is 0 Å². The molecule has 0 fully saturated rings. The second-order valence-electron chi connectivity index (χ2n) is 4.08. The highest BCUT2D eigenvalue weighted by molar-refractivity contribution is 9.09. The van der Waals surface area contributed by atoms with Crippen molar-refractivity contribution < 1.29 is 0 Å². The van der Waals surface area contributed by atoms with Gasteiger partial charge < -0.3 is 4.90 Å². The molecule has 1 unspecified atom stereocenters. The first-order valence-corrected chi connectivity index (χ1v) is 6.67. The van der Waals surface area contributed by atoms with Crippen molar-refractivity contribution in [3.05, 3.63) is 29.8 Å². The number of benzene rings is 1. The highest BCUT2D eigenvalue weighted by Crippen LogP contribution is 2.20. The number of para-hydroxylation sites is 1. The van der Waals surface area contributed by atoms with E-state index in [2.05, 4.69) is 65.9 Å². The summed E-state index contributed by atoms with van der Waals surface area (Å²) in [7, 11) is 0. The molecule has 1 rings (SSSR count). The number of nitrogens with zero attached hydrogens (tertiary/aromatic N) is 1. The summed E-state index contributed by atoms with van der Waals surface area (Å²) in [4.78, 5) is 2.45. The van der Waals surface area contributed by atoms with Gasteiger partial charge in [-0.2, -0.15) is 0 Å². The second kappa shape index (κ2) is 6.16. The minimum Gasteiger partial charge on any atom is -0.371 e. The number of halogens is 1. The van der Waals surface area contributed by atoms with Crippen molar-refractivity contribution >= 4 is 21.6 Å². The third-order valence-corrected chi connectivity index (χ3v) is 3.74. The van der Waals surface area contributed by atoms with E-state index < -0.39 is 0 Å². The maximum absolute atomic E-state index is 3.54. The van der Waals surface area contributed by atoms with Crippen LogP contribution in [0.4, 0.5) is 5.69 Å². The van der Waals surface area contributed by atoms with E-state index in [0.717, 1.165) is 18.4 Å². The van der Waals surface area contributed by atoms with Crippen LogP contribution in [0.2, 0.25) is 0 Å². The van der Waals surface area contributed by atoms with Gasteiger partial charge in [0.05, 0.1) is 0 Å². The standard InChI is InChI=1S/C13H20BrN/c1-4-15(10-11(2)9-14)13-8-6-5-7-12(13)3/h5-8,11H,4,9-10H2,1-3H3. The summed E-state index contributed by atoms with van der Waals surface area (Å²) in [6.45, 7) is 8.86. The number of aryl methyl sites for hydroxylation is 1. The maximum atomic E-state index is 3.54. The first kappa shape index (κ1) is 12.6. The summed E-state index contributed by atoms with van der Waals surface area (Å²) in [5, 5.41) is 1.06. The van der Waals surface area contributed by atoms with Gasteiger partial charge in [0, 0.05) is 24.1 Å². The molecule has 0 aromatic heterocycles. The lowest BCUT2D eigenvalue weighted by atomic mass is 10.1. The lowest BCUT2D eigenvalue weighted by Gasteiger charge is -2.27. The molecular formula is C13H20BrN. The molecule has 15 heavy (non-hydrogen) atoms. The van der Waals surface area contributed by atoms with Crippen LogP contribution in [0.3, 0.4) is 0 Å². The molecule has 84 valence electrons. The summed E-state index contributed by atoms with van der Waals surface area (Å²) >= 11 is 3.54. The molecule has 1 aromatic carbocycles. The lowest BCUT2D eigenvalue weighted by molar-refractivity contribution is 0.630. The Kier molecular flexibility index (Phi) is 5.16. The van der Waals surface area contributed by atoms with E-state index in [1.54, 1.807) is 0 Å². The molecule has 2 heteroatoms. The van der Waals surface area contributed by atoms with Gasteiger partial charge in [-0.1, -0.05) is 41.1 Å². The summed E-state index contributed by atoms with van der Waals surface area (Å²) in [6.07, 6.45) is 0. The summed E-state index contributed by atoms with van der Waals surface area (Å²) in [5.74, 6) is 0.685. The van der Waals surface area contributed by atoms with E-state index in [1.165, 1.54) is 11.3 Å². The number of rotatable bonds is 5. The minimum atomic E-state index is 0.685. The normalized spacial score (nSPS) is 12.5. The molecule has 0 aliphatic heterocycles. The Bertz CT molecular complexity index is 298. The molecule has 0 spiro atoms. The molecule has 0 bridgehead atoms. The van der Waals surface area contributed by atoms with E-state index in [0.29, 0.717) is 5.92 Å². The molecule has 1 aromatic rings. The average molecular weight is 270 g/mol. The monoisotopic (exact) mass is 269 g/mol. The van der Waals surface area contributed by atoms with Crippen molar-refractivity contribution in [3.8, 4) is 0 Å². The van der Waals surface area contributed by atoms with Gasteiger partial charge >= 0.3 is 0 Å². The first-order valence-electron chi connectivity index (χ1n) is 5.55. The number of alkyl halides is 1. The molecule has 1 atom stereocenters. The Morgan fingerprint density at radius 3 is 2.53 bits per heavy atom. The largest absolute Gasteiger partial charge is 0.371 e. The van der Waals surface area contributed by atoms with Crippen LogP contribution < -0.4 is 4.90 Å². The molecule has 0 N–H and O–H groups in total. The zero-order valence-electron chi connectivity index (χ0n) is 9.83. The van der Waals surface area contributed by atoms with Gasteiger partial charge in [0.1, 0.15) is 0 Å². The number of anilines is 1. The fraction of sp³-hybridized carbons (Fsp3) is 0.538. The van der Waals surface area contributed by atoms with Gasteiger partial charge in [0.2, 0.25) is 0 Å². The van der Waals surface area contributed by atoms with Gasteiger partial charge in [-0.15, -0.1) is 0 Å². The van der Waals surface area contributed by atoms with Crippen molar-refractivity contribution in [2.45, 2.75) is 20.8 Å². The zero-order valence-corrected chi connectivity index (χ0v) is 11.4. The third kappa shape index (κ3) is 3.53. The van der Waals surface area contributed by atoms with E-state index >= 15 is 0 Å². The van der Waals surface area contributed by atoms with Gasteiger partial charge in [0.25, 0.3) is 0 Å². The van der Waals surface area contributed by atoms with E-state index in [-0.39, 0.29) is 0 Å². The van der Waals surface area contributed by atoms with Gasteiger partial charge in [-0.3, -0.25) is 0 Å². The zero-order chi connectivity index (χ0) is 11.3. The molecule has 0 heterocycles. The van der Waals surface area contributed by atoms with Crippen LogP contribution in [-0.4, -0.2) is 18.4 Å². The first-order chi connectivity index (χ1) is 7.19. The van der Waals surface area contributed by atoms with Crippen molar-refractivity contribution in [1.29, 1.82) is 0 Å². The quantitative estimate of drug-likeness (QED) is 0.734. The lowest BCUT2D eigenvalue weighted by Crippen LogP contribution is -2.29. The Morgan fingerprint density at radius 2 is 2.00 bits per heavy atom. The molecule has 0 aliphatic rings. The molecule has 0 aliphatic carbocycles. The van der Waals surface area contributed by atoms with Gasteiger partial charge in [0.15, 0.2) is 0 Å². The van der Waals surface area contributed by atoms with Gasteiger partial charge in [-0.05, 0) is 31.4 Å². The maximum Gasteiger partial charge on any atom is 0.0395 e. The molecule has 0 radical (unpaired) electrons.